The minimum Gasteiger partial charge on any atom is -0.481 e. The molecule has 116 valence electrons. The molecule has 0 N–H and O–H groups in total. The smallest absolute Gasteiger partial charge is 0.252 e. The molecule has 6 heteroatoms. The number of nitrogens with zero attached hydrogens (tertiary/aromatic N) is 3. The minimum absolute atomic E-state index is 0.0605. The van der Waals surface area contributed by atoms with Gasteiger partial charge in [0.25, 0.3) is 5.91 Å². The molecule has 0 saturated carbocycles. The fourth-order valence-electron chi connectivity index (χ4n) is 3.57. The molecule has 1 amide bonds. The van der Waals surface area contributed by atoms with E-state index in [4.69, 9.17) is 9.47 Å². The lowest BCUT2D eigenvalue weighted by atomic mass is 10.0. The summed E-state index contributed by atoms with van der Waals surface area (Å²) in [6, 6.07) is 0.0605. The predicted octanol–water partition coefficient (Wildman–Crippen LogP) is 1.58. The van der Waals surface area contributed by atoms with Gasteiger partial charge in [-0.05, 0) is 32.6 Å². The topological polar surface area (TPSA) is 56.6 Å². The molecule has 2 saturated heterocycles. The van der Waals surface area contributed by atoms with Gasteiger partial charge in [-0.3, -0.25) is 4.79 Å². The molecule has 2 atom stereocenters. The second-order valence-electron chi connectivity index (χ2n) is 5.82. The fourth-order valence-corrected chi connectivity index (χ4v) is 3.57. The molecule has 2 aliphatic heterocycles. The first-order valence-corrected chi connectivity index (χ1v) is 7.63. The number of carbonyl (C=O) groups excluding carboxylic acids is 1. The van der Waals surface area contributed by atoms with Gasteiger partial charge in [0.2, 0.25) is 5.88 Å². The molecular formula is C15H23N3O3. The van der Waals surface area contributed by atoms with Crippen molar-refractivity contribution in [2.75, 3.05) is 20.3 Å². The van der Waals surface area contributed by atoms with Crippen LogP contribution in [0.2, 0.25) is 0 Å². The van der Waals surface area contributed by atoms with Crippen LogP contribution >= 0.6 is 0 Å². The highest BCUT2D eigenvalue weighted by Crippen LogP contribution is 2.39. The first-order chi connectivity index (χ1) is 10.1. The Hall–Kier alpha value is -1.56. The van der Waals surface area contributed by atoms with E-state index in [1.54, 1.807) is 11.8 Å². The molecule has 2 aliphatic rings. The van der Waals surface area contributed by atoms with Crippen LogP contribution in [0.25, 0.3) is 0 Å². The van der Waals surface area contributed by atoms with Gasteiger partial charge in [-0.2, -0.15) is 5.10 Å². The summed E-state index contributed by atoms with van der Waals surface area (Å²) >= 11 is 0. The second-order valence-corrected chi connectivity index (χ2v) is 5.82. The number of aryl methyl sites for hydroxylation is 2. The summed E-state index contributed by atoms with van der Waals surface area (Å²) in [6.45, 7) is 3.47. The monoisotopic (exact) mass is 293 g/mol. The average Bonchev–Trinajstić information content (AvgIpc) is 3.16. The third-order valence-electron chi connectivity index (χ3n) is 4.48. The lowest BCUT2D eigenvalue weighted by molar-refractivity contribution is -0.141. The largest absolute Gasteiger partial charge is 0.481 e. The van der Waals surface area contributed by atoms with Crippen LogP contribution in [0.4, 0.5) is 0 Å². The number of likely N-dealkylation sites (tertiary alicyclic amines) is 1. The third-order valence-corrected chi connectivity index (χ3v) is 4.48. The SMILES string of the molecule is COc1c([C@@H]2CCCN2C(=O)[C@H]2CCCO2)c(C)nn1C. The summed E-state index contributed by atoms with van der Waals surface area (Å²) in [7, 11) is 3.53. The molecule has 0 bridgehead atoms. The Morgan fingerprint density at radius 2 is 2.19 bits per heavy atom. The molecular weight excluding hydrogens is 270 g/mol. The molecule has 0 spiro atoms. The van der Waals surface area contributed by atoms with E-state index in [1.807, 2.05) is 18.9 Å². The Morgan fingerprint density at radius 3 is 2.86 bits per heavy atom. The lowest BCUT2D eigenvalue weighted by Gasteiger charge is -2.27. The fraction of sp³-hybridized carbons (Fsp3) is 0.733. The van der Waals surface area contributed by atoms with Gasteiger partial charge >= 0.3 is 0 Å². The molecule has 0 unspecified atom stereocenters. The van der Waals surface area contributed by atoms with Crippen LogP contribution in [0.5, 0.6) is 5.88 Å². The average molecular weight is 293 g/mol. The minimum atomic E-state index is -0.256. The van der Waals surface area contributed by atoms with Gasteiger partial charge in [0.1, 0.15) is 6.10 Å². The van der Waals surface area contributed by atoms with Crippen molar-refractivity contribution in [3.8, 4) is 5.88 Å². The summed E-state index contributed by atoms with van der Waals surface area (Å²) in [4.78, 5) is 14.6. The number of methoxy groups -OCH3 is 1. The molecule has 1 aromatic heterocycles. The number of rotatable bonds is 3. The Kier molecular flexibility index (Phi) is 3.89. The standard InChI is InChI=1S/C15H23N3O3/c1-10-13(15(20-3)17(2)16-10)11-6-4-8-18(11)14(19)12-7-5-9-21-12/h11-12H,4-9H2,1-3H3/t11-,12+/m0/s1. The van der Waals surface area contributed by atoms with Gasteiger partial charge < -0.3 is 14.4 Å². The maximum absolute atomic E-state index is 12.7. The Labute approximate surface area is 125 Å². The lowest BCUT2D eigenvalue weighted by Crippen LogP contribution is -2.38. The summed E-state index contributed by atoms with van der Waals surface area (Å²) in [5.41, 5.74) is 1.98. The van der Waals surface area contributed by atoms with Crippen LogP contribution in [-0.2, 0) is 16.6 Å². The number of hydrogen-bond acceptors (Lipinski definition) is 4. The van der Waals surface area contributed by atoms with Gasteiger partial charge in [-0.25, -0.2) is 4.68 Å². The van der Waals surface area contributed by atoms with Gasteiger partial charge in [0.15, 0.2) is 0 Å². The maximum atomic E-state index is 12.7. The number of aromatic nitrogens is 2. The Balaban J connectivity index is 1.88. The Bertz CT molecular complexity index is 535. The third kappa shape index (κ3) is 2.41. The zero-order valence-electron chi connectivity index (χ0n) is 13.0. The summed E-state index contributed by atoms with van der Waals surface area (Å²) in [5, 5.41) is 4.44. The van der Waals surface area contributed by atoms with E-state index in [-0.39, 0.29) is 18.1 Å². The van der Waals surface area contributed by atoms with Crippen LogP contribution in [0, 0.1) is 6.92 Å². The summed E-state index contributed by atoms with van der Waals surface area (Å²) < 4.78 is 12.8. The number of carbonyl (C=O) groups is 1. The van der Waals surface area contributed by atoms with Crippen LogP contribution in [0.1, 0.15) is 43.0 Å². The van der Waals surface area contributed by atoms with Crippen molar-refractivity contribution in [3.05, 3.63) is 11.3 Å². The summed E-state index contributed by atoms with van der Waals surface area (Å²) in [5.74, 6) is 0.879. The van der Waals surface area contributed by atoms with Crippen LogP contribution < -0.4 is 4.74 Å². The predicted molar refractivity (Wildman–Crippen MR) is 77.2 cm³/mol. The van der Waals surface area contributed by atoms with Gasteiger partial charge in [0.05, 0.1) is 24.4 Å². The molecule has 0 aromatic carbocycles. The molecule has 1 aromatic rings. The second kappa shape index (κ2) is 5.67. The van der Waals surface area contributed by atoms with Crippen molar-refractivity contribution < 1.29 is 14.3 Å². The molecule has 3 heterocycles. The molecule has 0 radical (unpaired) electrons. The van der Waals surface area contributed by atoms with E-state index < -0.39 is 0 Å². The van der Waals surface area contributed by atoms with Crippen molar-refractivity contribution in [2.24, 2.45) is 7.05 Å². The van der Waals surface area contributed by atoms with Crippen molar-refractivity contribution in [3.63, 3.8) is 0 Å². The van der Waals surface area contributed by atoms with E-state index >= 15 is 0 Å². The van der Waals surface area contributed by atoms with Crippen molar-refractivity contribution in [2.45, 2.75) is 44.8 Å². The number of ether oxygens (including phenoxy) is 2. The van der Waals surface area contributed by atoms with E-state index in [1.165, 1.54) is 0 Å². The van der Waals surface area contributed by atoms with Crippen molar-refractivity contribution in [1.29, 1.82) is 0 Å². The van der Waals surface area contributed by atoms with Gasteiger partial charge in [-0.1, -0.05) is 0 Å². The van der Waals surface area contributed by atoms with Crippen molar-refractivity contribution in [1.82, 2.24) is 14.7 Å². The molecule has 21 heavy (non-hydrogen) atoms. The van der Waals surface area contributed by atoms with E-state index in [0.717, 1.165) is 49.4 Å². The highest BCUT2D eigenvalue weighted by molar-refractivity contribution is 5.82. The zero-order valence-corrected chi connectivity index (χ0v) is 13.0. The van der Waals surface area contributed by atoms with Gasteiger partial charge in [-0.15, -0.1) is 0 Å². The van der Waals surface area contributed by atoms with Crippen LogP contribution in [0.3, 0.4) is 0 Å². The highest BCUT2D eigenvalue weighted by atomic mass is 16.5. The van der Waals surface area contributed by atoms with E-state index in [9.17, 15) is 4.79 Å². The van der Waals surface area contributed by atoms with E-state index in [2.05, 4.69) is 5.10 Å². The van der Waals surface area contributed by atoms with Crippen LogP contribution in [0.15, 0.2) is 0 Å². The van der Waals surface area contributed by atoms with E-state index in [0.29, 0.717) is 6.61 Å². The molecule has 2 fully saturated rings. The first kappa shape index (κ1) is 14.4. The van der Waals surface area contributed by atoms with Gasteiger partial charge in [0, 0.05) is 20.2 Å². The zero-order chi connectivity index (χ0) is 15.0. The van der Waals surface area contributed by atoms with Crippen molar-refractivity contribution >= 4 is 5.91 Å². The number of hydrogen-bond donors (Lipinski definition) is 0. The first-order valence-electron chi connectivity index (χ1n) is 7.63. The highest BCUT2D eigenvalue weighted by Gasteiger charge is 2.38. The summed E-state index contributed by atoms with van der Waals surface area (Å²) in [6.07, 6.45) is 3.53. The normalized spacial score (nSPS) is 25.6. The Morgan fingerprint density at radius 1 is 1.38 bits per heavy atom. The quantitative estimate of drug-likeness (QED) is 0.849. The van der Waals surface area contributed by atoms with Crippen LogP contribution in [-0.4, -0.2) is 47.0 Å². The molecule has 6 nitrogen and oxygen atoms in total. The molecule has 3 rings (SSSR count). The number of amides is 1. The maximum Gasteiger partial charge on any atom is 0.252 e. The molecule has 0 aliphatic carbocycles.